The highest BCUT2D eigenvalue weighted by molar-refractivity contribution is 5.30. The van der Waals surface area contributed by atoms with Crippen LogP contribution in [0.4, 0.5) is 0 Å². The Balaban J connectivity index is 1.63. The molecular weight excluding hydrogens is 300 g/mol. The second kappa shape index (κ2) is 7.08. The van der Waals surface area contributed by atoms with Crippen molar-refractivity contribution < 1.29 is 9.52 Å². The molecule has 0 spiro atoms. The quantitative estimate of drug-likeness (QED) is 0.926. The third kappa shape index (κ3) is 3.70. The minimum Gasteiger partial charge on any atom is -0.448 e. The Morgan fingerprint density at radius 3 is 2.58 bits per heavy atom. The SMILES string of the molecule is CC(C)(C)c1ocnc1CN1CCC(c2ccccc2CO)CC1. The average Bonchev–Trinajstić information content (AvgIpc) is 3.04. The van der Waals surface area contributed by atoms with Crippen molar-refractivity contribution in [3.05, 3.63) is 53.2 Å². The molecule has 0 bridgehead atoms. The van der Waals surface area contributed by atoms with Crippen LogP contribution in [0.15, 0.2) is 35.1 Å². The van der Waals surface area contributed by atoms with E-state index in [0.717, 1.165) is 49.5 Å². The van der Waals surface area contributed by atoms with Gasteiger partial charge >= 0.3 is 0 Å². The molecule has 2 aromatic rings. The van der Waals surface area contributed by atoms with Gasteiger partial charge in [0, 0.05) is 12.0 Å². The summed E-state index contributed by atoms with van der Waals surface area (Å²) in [5.41, 5.74) is 3.44. The predicted octanol–water partition coefficient (Wildman–Crippen LogP) is 3.84. The summed E-state index contributed by atoms with van der Waals surface area (Å²) in [4.78, 5) is 6.90. The molecule has 4 heteroatoms. The zero-order valence-corrected chi connectivity index (χ0v) is 15.0. The first-order valence-corrected chi connectivity index (χ1v) is 8.83. The van der Waals surface area contributed by atoms with Crippen LogP contribution >= 0.6 is 0 Å². The number of aliphatic hydroxyl groups is 1. The lowest BCUT2D eigenvalue weighted by molar-refractivity contribution is 0.199. The van der Waals surface area contributed by atoms with E-state index in [2.05, 4.69) is 42.8 Å². The lowest BCUT2D eigenvalue weighted by Gasteiger charge is -2.33. The van der Waals surface area contributed by atoms with Gasteiger partial charge in [-0.05, 0) is 43.0 Å². The first-order chi connectivity index (χ1) is 11.5. The standard InChI is InChI=1S/C20H28N2O2/c1-20(2,3)19-18(21-14-24-19)12-22-10-8-15(9-11-22)17-7-5-4-6-16(17)13-23/h4-7,14-15,23H,8-13H2,1-3H3. The van der Waals surface area contributed by atoms with Crippen LogP contribution < -0.4 is 0 Å². The molecule has 24 heavy (non-hydrogen) atoms. The summed E-state index contributed by atoms with van der Waals surface area (Å²) in [7, 11) is 0. The molecular formula is C20H28N2O2. The molecule has 2 heterocycles. The lowest BCUT2D eigenvalue weighted by Crippen LogP contribution is -2.33. The monoisotopic (exact) mass is 328 g/mol. The van der Waals surface area contributed by atoms with E-state index in [1.165, 1.54) is 5.56 Å². The van der Waals surface area contributed by atoms with Gasteiger partial charge < -0.3 is 9.52 Å². The molecule has 1 saturated heterocycles. The zero-order chi connectivity index (χ0) is 17.2. The number of nitrogens with zero attached hydrogens (tertiary/aromatic N) is 2. The van der Waals surface area contributed by atoms with Crippen LogP contribution in [0.3, 0.4) is 0 Å². The van der Waals surface area contributed by atoms with E-state index < -0.39 is 0 Å². The van der Waals surface area contributed by atoms with Gasteiger partial charge in [-0.3, -0.25) is 4.90 Å². The minimum absolute atomic E-state index is 0.00970. The molecule has 1 N–H and O–H groups in total. The summed E-state index contributed by atoms with van der Waals surface area (Å²) in [6, 6.07) is 8.28. The van der Waals surface area contributed by atoms with Gasteiger partial charge in [0.25, 0.3) is 0 Å². The fraction of sp³-hybridized carbons (Fsp3) is 0.550. The summed E-state index contributed by atoms with van der Waals surface area (Å²) in [5, 5.41) is 9.55. The van der Waals surface area contributed by atoms with E-state index in [-0.39, 0.29) is 12.0 Å². The Labute approximate surface area is 144 Å². The van der Waals surface area contributed by atoms with Crippen LogP contribution in [0.1, 0.15) is 62.1 Å². The summed E-state index contributed by atoms with van der Waals surface area (Å²) >= 11 is 0. The minimum atomic E-state index is -0.00970. The predicted molar refractivity (Wildman–Crippen MR) is 94.8 cm³/mol. The molecule has 0 atom stereocenters. The molecule has 0 amide bonds. The van der Waals surface area contributed by atoms with E-state index in [4.69, 9.17) is 4.42 Å². The van der Waals surface area contributed by atoms with Crippen LogP contribution in [0, 0.1) is 0 Å². The number of likely N-dealkylation sites (tertiary alicyclic amines) is 1. The van der Waals surface area contributed by atoms with Crippen molar-refractivity contribution in [1.82, 2.24) is 9.88 Å². The van der Waals surface area contributed by atoms with E-state index >= 15 is 0 Å². The van der Waals surface area contributed by atoms with Gasteiger partial charge in [0.2, 0.25) is 0 Å². The Kier molecular flexibility index (Phi) is 5.07. The van der Waals surface area contributed by atoms with Gasteiger partial charge in [-0.15, -0.1) is 0 Å². The maximum absolute atomic E-state index is 9.55. The number of benzene rings is 1. The molecule has 4 nitrogen and oxygen atoms in total. The third-order valence-electron chi connectivity index (χ3n) is 4.95. The lowest BCUT2D eigenvalue weighted by atomic mass is 9.86. The van der Waals surface area contributed by atoms with Crippen LogP contribution in [0.5, 0.6) is 0 Å². The number of piperidine rings is 1. The zero-order valence-electron chi connectivity index (χ0n) is 15.0. The Bertz CT molecular complexity index is 664. The summed E-state index contributed by atoms with van der Waals surface area (Å²) in [5.74, 6) is 1.54. The number of aromatic nitrogens is 1. The van der Waals surface area contributed by atoms with Crippen molar-refractivity contribution in [2.45, 2.75) is 58.1 Å². The third-order valence-corrected chi connectivity index (χ3v) is 4.95. The average molecular weight is 328 g/mol. The number of hydrogen-bond donors (Lipinski definition) is 1. The smallest absolute Gasteiger partial charge is 0.181 e. The topological polar surface area (TPSA) is 49.5 Å². The Morgan fingerprint density at radius 1 is 1.21 bits per heavy atom. The van der Waals surface area contributed by atoms with Crippen LogP contribution in [-0.4, -0.2) is 28.1 Å². The number of aliphatic hydroxyl groups excluding tert-OH is 1. The van der Waals surface area contributed by atoms with Gasteiger partial charge in [-0.1, -0.05) is 45.0 Å². The Morgan fingerprint density at radius 2 is 1.92 bits per heavy atom. The van der Waals surface area contributed by atoms with Gasteiger partial charge in [-0.25, -0.2) is 4.98 Å². The molecule has 1 fully saturated rings. The summed E-state index contributed by atoms with van der Waals surface area (Å²) < 4.78 is 5.63. The largest absolute Gasteiger partial charge is 0.448 e. The first kappa shape index (κ1) is 17.2. The first-order valence-electron chi connectivity index (χ1n) is 8.83. The fourth-order valence-electron chi connectivity index (χ4n) is 3.68. The molecule has 1 aromatic heterocycles. The molecule has 0 unspecified atom stereocenters. The van der Waals surface area contributed by atoms with E-state index in [1.807, 2.05) is 12.1 Å². The van der Waals surface area contributed by atoms with E-state index in [1.54, 1.807) is 6.39 Å². The number of hydrogen-bond acceptors (Lipinski definition) is 4. The van der Waals surface area contributed by atoms with Gasteiger partial charge in [0.05, 0.1) is 12.3 Å². The highest BCUT2D eigenvalue weighted by atomic mass is 16.3. The molecule has 0 radical (unpaired) electrons. The second-order valence-corrected chi connectivity index (χ2v) is 7.79. The number of rotatable bonds is 4. The van der Waals surface area contributed by atoms with E-state index in [9.17, 15) is 5.11 Å². The normalized spacial score (nSPS) is 17.3. The summed E-state index contributed by atoms with van der Waals surface area (Å²) in [6.45, 7) is 9.59. The number of oxazole rings is 1. The maximum Gasteiger partial charge on any atom is 0.181 e. The van der Waals surface area contributed by atoms with Crippen molar-refractivity contribution in [3.63, 3.8) is 0 Å². The molecule has 1 aliphatic heterocycles. The maximum atomic E-state index is 9.55. The van der Waals surface area contributed by atoms with Gasteiger partial charge in [-0.2, -0.15) is 0 Å². The van der Waals surface area contributed by atoms with Crippen molar-refractivity contribution in [2.75, 3.05) is 13.1 Å². The van der Waals surface area contributed by atoms with Gasteiger partial charge in [0.1, 0.15) is 5.76 Å². The molecule has 1 aliphatic rings. The molecule has 0 saturated carbocycles. The fourth-order valence-corrected chi connectivity index (χ4v) is 3.68. The highest BCUT2D eigenvalue weighted by Crippen LogP contribution is 2.32. The van der Waals surface area contributed by atoms with Crippen LogP contribution in [0.25, 0.3) is 0 Å². The molecule has 0 aliphatic carbocycles. The second-order valence-electron chi connectivity index (χ2n) is 7.79. The summed E-state index contributed by atoms with van der Waals surface area (Å²) in [6.07, 6.45) is 3.82. The van der Waals surface area contributed by atoms with Gasteiger partial charge in [0.15, 0.2) is 6.39 Å². The highest BCUT2D eigenvalue weighted by Gasteiger charge is 2.27. The van der Waals surface area contributed by atoms with Crippen molar-refractivity contribution in [3.8, 4) is 0 Å². The van der Waals surface area contributed by atoms with Crippen LogP contribution in [0.2, 0.25) is 0 Å². The molecule has 130 valence electrons. The van der Waals surface area contributed by atoms with Crippen molar-refractivity contribution in [2.24, 2.45) is 0 Å². The van der Waals surface area contributed by atoms with Crippen molar-refractivity contribution in [1.29, 1.82) is 0 Å². The van der Waals surface area contributed by atoms with E-state index in [0.29, 0.717) is 5.92 Å². The molecule has 1 aromatic carbocycles. The van der Waals surface area contributed by atoms with Crippen LogP contribution in [-0.2, 0) is 18.6 Å². The Hall–Kier alpha value is -1.65. The molecule has 3 rings (SSSR count). The van der Waals surface area contributed by atoms with Crippen molar-refractivity contribution >= 4 is 0 Å².